The van der Waals surface area contributed by atoms with Gasteiger partial charge in [0.1, 0.15) is 17.3 Å². The third-order valence-electron chi connectivity index (χ3n) is 2.31. The van der Waals surface area contributed by atoms with Gasteiger partial charge in [0.2, 0.25) is 0 Å². The molecule has 4 heteroatoms. The van der Waals surface area contributed by atoms with E-state index in [9.17, 15) is 0 Å². The average Bonchev–Trinajstić information content (AvgIpc) is 2.71. The zero-order valence-electron chi connectivity index (χ0n) is 8.58. The summed E-state index contributed by atoms with van der Waals surface area (Å²) in [6.45, 7) is 3.77. The van der Waals surface area contributed by atoms with Crippen LogP contribution in [0.25, 0.3) is 0 Å². The smallest absolute Gasteiger partial charge is 0.193 e. The Morgan fingerprint density at radius 2 is 2.00 bits per heavy atom. The quantitative estimate of drug-likeness (QED) is 0.854. The predicted molar refractivity (Wildman–Crippen MR) is 57.9 cm³/mol. The van der Waals surface area contributed by atoms with Crippen LogP contribution in [0.1, 0.15) is 28.9 Å². The monoisotopic (exact) mass is 225 g/mol. The highest BCUT2D eigenvalue weighted by molar-refractivity contribution is 6.28. The first-order valence-corrected chi connectivity index (χ1v) is 5.03. The van der Waals surface area contributed by atoms with Gasteiger partial charge in [0, 0.05) is 5.56 Å². The Kier molecular flexibility index (Phi) is 2.59. The minimum atomic E-state index is -0.324. The molecule has 0 radical (unpaired) electrons. The largest absolute Gasteiger partial charge is 0.466 e. The van der Waals surface area contributed by atoms with E-state index in [0.717, 1.165) is 17.1 Å². The number of aryl methyl sites for hydroxylation is 2. The van der Waals surface area contributed by atoms with E-state index in [4.69, 9.17) is 26.2 Å². The predicted octanol–water partition coefficient (Wildman–Crippen LogP) is 3.19. The van der Waals surface area contributed by atoms with Crippen molar-refractivity contribution >= 4 is 11.6 Å². The lowest BCUT2D eigenvalue weighted by molar-refractivity contribution is 0.476. The van der Waals surface area contributed by atoms with Crippen molar-refractivity contribution in [3.63, 3.8) is 0 Å². The third kappa shape index (κ3) is 1.94. The van der Waals surface area contributed by atoms with E-state index in [1.54, 1.807) is 12.1 Å². The van der Waals surface area contributed by atoms with Gasteiger partial charge in [0.25, 0.3) is 0 Å². The zero-order chi connectivity index (χ0) is 11.0. The second kappa shape index (κ2) is 3.76. The van der Waals surface area contributed by atoms with Gasteiger partial charge >= 0.3 is 0 Å². The molecular weight excluding hydrogens is 214 g/mol. The molecule has 0 bridgehead atoms. The van der Waals surface area contributed by atoms with Crippen molar-refractivity contribution in [2.75, 3.05) is 0 Å². The van der Waals surface area contributed by atoms with Crippen LogP contribution in [0.3, 0.4) is 0 Å². The highest BCUT2D eigenvalue weighted by Crippen LogP contribution is 2.27. The van der Waals surface area contributed by atoms with E-state index in [2.05, 4.69) is 0 Å². The Bertz CT molecular complexity index is 473. The highest BCUT2D eigenvalue weighted by atomic mass is 35.5. The molecule has 0 aromatic carbocycles. The Labute approximate surface area is 92.8 Å². The van der Waals surface area contributed by atoms with Gasteiger partial charge in [-0.25, -0.2) is 0 Å². The maximum absolute atomic E-state index is 6.03. The van der Waals surface area contributed by atoms with E-state index in [-0.39, 0.29) is 6.04 Å². The Morgan fingerprint density at radius 1 is 1.27 bits per heavy atom. The van der Waals surface area contributed by atoms with Crippen molar-refractivity contribution in [2.45, 2.75) is 19.9 Å². The van der Waals surface area contributed by atoms with E-state index >= 15 is 0 Å². The van der Waals surface area contributed by atoms with Crippen LogP contribution in [0.5, 0.6) is 0 Å². The molecular formula is C11H12ClNO2. The topological polar surface area (TPSA) is 52.3 Å². The van der Waals surface area contributed by atoms with Gasteiger partial charge in [0.15, 0.2) is 5.22 Å². The maximum Gasteiger partial charge on any atom is 0.193 e. The third-order valence-corrected chi connectivity index (χ3v) is 2.52. The number of hydrogen-bond acceptors (Lipinski definition) is 3. The summed E-state index contributed by atoms with van der Waals surface area (Å²) in [5, 5.41) is 0.346. The van der Waals surface area contributed by atoms with Crippen LogP contribution in [0.2, 0.25) is 5.22 Å². The number of furan rings is 2. The van der Waals surface area contributed by atoms with Crippen LogP contribution in [0.4, 0.5) is 0 Å². The van der Waals surface area contributed by atoms with Crippen molar-refractivity contribution in [3.05, 3.63) is 46.3 Å². The summed E-state index contributed by atoms with van der Waals surface area (Å²) in [6, 6.07) is 5.04. The Morgan fingerprint density at radius 3 is 2.47 bits per heavy atom. The van der Waals surface area contributed by atoms with Crippen molar-refractivity contribution < 1.29 is 8.83 Å². The lowest BCUT2D eigenvalue weighted by atomic mass is 10.1. The van der Waals surface area contributed by atoms with Crippen LogP contribution < -0.4 is 5.73 Å². The van der Waals surface area contributed by atoms with Crippen LogP contribution in [-0.4, -0.2) is 0 Å². The molecule has 2 aromatic rings. The SMILES string of the molecule is Cc1cc(C(N)c2ccc(Cl)o2)c(C)o1. The molecule has 2 N–H and O–H groups in total. The summed E-state index contributed by atoms with van der Waals surface area (Å²) in [7, 11) is 0. The molecule has 0 amide bonds. The van der Waals surface area contributed by atoms with Crippen molar-refractivity contribution in [3.8, 4) is 0 Å². The van der Waals surface area contributed by atoms with Gasteiger partial charge < -0.3 is 14.6 Å². The first-order chi connectivity index (χ1) is 7.08. The van der Waals surface area contributed by atoms with Crippen LogP contribution >= 0.6 is 11.6 Å². The molecule has 2 heterocycles. The summed E-state index contributed by atoms with van der Waals surface area (Å²) in [6.07, 6.45) is 0. The lowest BCUT2D eigenvalue weighted by Gasteiger charge is -2.06. The fourth-order valence-corrected chi connectivity index (χ4v) is 1.76. The number of nitrogens with two attached hydrogens (primary N) is 1. The van der Waals surface area contributed by atoms with Crippen molar-refractivity contribution in [2.24, 2.45) is 5.73 Å². The number of rotatable bonds is 2. The summed E-state index contributed by atoms with van der Waals surface area (Å²) in [5.74, 6) is 2.30. The van der Waals surface area contributed by atoms with Gasteiger partial charge in [-0.15, -0.1) is 0 Å². The van der Waals surface area contributed by atoms with Crippen LogP contribution in [0, 0.1) is 13.8 Å². The van der Waals surface area contributed by atoms with Gasteiger partial charge in [-0.3, -0.25) is 0 Å². The molecule has 3 nitrogen and oxygen atoms in total. The molecule has 2 aromatic heterocycles. The summed E-state index contributed by atoms with van der Waals surface area (Å²) in [4.78, 5) is 0. The van der Waals surface area contributed by atoms with E-state index in [0.29, 0.717) is 11.0 Å². The highest BCUT2D eigenvalue weighted by Gasteiger charge is 2.17. The Balaban J connectivity index is 2.35. The Hall–Kier alpha value is -1.19. The molecule has 0 saturated heterocycles. The lowest BCUT2D eigenvalue weighted by Crippen LogP contribution is -2.10. The number of halogens is 1. The molecule has 15 heavy (non-hydrogen) atoms. The molecule has 1 atom stereocenters. The molecule has 2 rings (SSSR count). The van der Waals surface area contributed by atoms with E-state index in [1.165, 1.54) is 0 Å². The summed E-state index contributed by atoms with van der Waals surface area (Å²) >= 11 is 5.69. The fraction of sp³-hybridized carbons (Fsp3) is 0.273. The minimum absolute atomic E-state index is 0.324. The molecule has 80 valence electrons. The van der Waals surface area contributed by atoms with Crippen molar-refractivity contribution in [1.29, 1.82) is 0 Å². The van der Waals surface area contributed by atoms with Gasteiger partial charge in [0.05, 0.1) is 6.04 Å². The first kappa shape index (κ1) is 10.3. The second-order valence-corrected chi connectivity index (χ2v) is 3.86. The summed E-state index contributed by atoms with van der Waals surface area (Å²) < 4.78 is 10.7. The summed E-state index contributed by atoms with van der Waals surface area (Å²) in [5.41, 5.74) is 6.96. The first-order valence-electron chi connectivity index (χ1n) is 4.65. The van der Waals surface area contributed by atoms with Gasteiger partial charge in [-0.1, -0.05) is 0 Å². The zero-order valence-corrected chi connectivity index (χ0v) is 9.34. The van der Waals surface area contributed by atoms with E-state index < -0.39 is 0 Å². The van der Waals surface area contributed by atoms with Gasteiger partial charge in [-0.2, -0.15) is 0 Å². The number of hydrogen-bond donors (Lipinski definition) is 1. The molecule has 0 aliphatic carbocycles. The normalized spacial score (nSPS) is 13.1. The second-order valence-electron chi connectivity index (χ2n) is 3.49. The van der Waals surface area contributed by atoms with Crippen molar-refractivity contribution in [1.82, 2.24) is 0 Å². The van der Waals surface area contributed by atoms with Crippen LogP contribution in [-0.2, 0) is 0 Å². The maximum atomic E-state index is 6.03. The molecule has 0 aliphatic rings. The van der Waals surface area contributed by atoms with Gasteiger partial charge in [-0.05, 0) is 43.6 Å². The molecule has 0 saturated carbocycles. The van der Waals surface area contributed by atoms with E-state index in [1.807, 2.05) is 19.9 Å². The molecule has 1 unspecified atom stereocenters. The fourth-order valence-electron chi connectivity index (χ4n) is 1.61. The van der Waals surface area contributed by atoms with Crippen LogP contribution in [0.15, 0.2) is 27.0 Å². The minimum Gasteiger partial charge on any atom is -0.466 e. The standard InChI is InChI=1S/C11H12ClNO2/c1-6-5-8(7(2)14-6)11(13)9-3-4-10(12)15-9/h3-5,11H,13H2,1-2H3. The molecule has 0 fully saturated rings. The molecule has 0 aliphatic heterocycles. The molecule has 0 spiro atoms. The average molecular weight is 226 g/mol.